The summed E-state index contributed by atoms with van der Waals surface area (Å²) in [6, 6.07) is -1.04. The lowest BCUT2D eigenvalue weighted by Crippen LogP contribution is -2.61. The Morgan fingerprint density at radius 3 is 1.36 bits per heavy atom. The van der Waals surface area contributed by atoms with E-state index in [2.05, 4.69) is 99.0 Å². The molecule has 11 heteroatoms. The fraction of sp³-hybridized carbons (Fsp3) is 0.768. The van der Waals surface area contributed by atoms with E-state index in [4.69, 9.17) is 14.2 Å². The summed E-state index contributed by atoms with van der Waals surface area (Å²) in [5.41, 5.74) is 0. The minimum Gasteiger partial charge on any atom is -0.454 e. The molecule has 0 bridgehead atoms. The van der Waals surface area contributed by atoms with Gasteiger partial charge in [0.25, 0.3) is 0 Å². The van der Waals surface area contributed by atoms with Crippen LogP contribution in [0.15, 0.2) is 85.1 Å². The average Bonchev–Trinajstić information content (AvgIpc) is 3.48. The van der Waals surface area contributed by atoms with Gasteiger partial charge >= 0.3 is 5.97 Å². The molecule has 0 aromatic heterocycles. The molecule has 0 saturated carbocycles. The van der Waals surface area contributed by atoms with Crippen LogP contribution in [0.25, 0.3) is 0 Å². The number of aliphatic hydroxyl groups is 5. The molecule has 1 amide bonds. The normalized spacial score (nSPS) is 19.3. The van der Waals surface area contributed by atoms with Crippen LogP contribution in [0.1, 0.15) is 278 Å². The first-order valence-electron chi connectivity index (χ1n) is 32.9. The molecule has 1 aliphatic rings. The number of carbonyl (C=O) groups is 2. The lowest BCUT2D eigenvalue weighted by Gasteiger charge is -2.41. The van der Waals surface area contributed by atoms with Crippen molar-refractivity contribution in [2.24, 2.45) is 0 Å². The van der Waals surface area contributed by atoms with Crippen LogP contribution in [0.5, 0.6) is 0 Å². The highest BCUT2D eigenvalue weighted by atomic mass is 16.7. The molecule has 0 spiro atoms. The van der Waals surface area contributed by atoms with Gasteiger partial charge in [-0.2, -0.15) is 0 Å². The quantitative estimate of drug-likeness (QED) is 0.0195. The molecule has 1 heterocycles. The Morgan fingerprint density at radius 2 is 0.900 bits per heavy atom. The standard InChI is InChI=1S/C69H121NO10/c1-4-7-10-13-16-19-22-25-27-29-31-33-34-36-38-41-44-47-50-53-56-62(73)68(77)70-60(61(72)55-52-49-46-43-40-24-21-18-15-12-9-6-3)59-78-69-67(66(76)65(75)63(58-71)79-69)80-64(74)57-54-51-48-45-42-39-37-35-32-30-28-26-23-20-17-14-11-8-5-2/h8,11,17,20,25-28,32,35,39,42,52,55,60-63,65-67,69,71-73,75-76H,4-7,9-10,12-16,18-19,21-24,29-31,33-34,36-38,40-41,43-51,53-54,56-59H2,1-3H3,(H,70,77)/b11-8-,20-17-,27-25+,28-26-,35-32-,42-39-,55-52+. The van der Waals surface area contributed by atoms with E-state index in [1.807, 2.05) is 6.08 Å². The maximum Gasteiger partial charge on any atom is 0.306 e. The summed E-state index contributed by atoms with van der Waals surface area (Å²) in [6.07, 6.45) is 63.3. The molecular formula is C69H121NO10. The Hall–Kier alpha value is -3.16. The van der Waals surface area contributed by atoms with Crippen molar-refractivity contribution in [3.8, 4) is 0 Å². The monoisotopic (exact) mass is 1120 g/mol. The summed E-state index contributed by atoms with van der Waals surface area (Å²) in [5, 5.41) is 57.1. The zero-order valence-corrected chi connectivity index (χ0v) is 51.2. The van der Waals surface area contributed by atoms with Crippen LogP contribution >= 0.6 is 0 Å². The van der Waals surface area contributed by atoms with Crippen molar-refractivity contribution < 1.29 is 49.3 Å². The number of esters is 1. The Kier molecular flexibility index (Phi) is 52.7. The minimum atomic E-state index is -1.63. The van der Waals surface area contributed by atoms with Gasteiger partial charge in [0.2, 0.25) is 5.91 Å². The van der Waals surface area contributed by atoms with E-state index in [-0.39, 0.29) is 19.4 Å². The Bertz CT molecular complexity index is 1620. The van der Waals surface area contributed by atoms with Gasteiger partial charge in [0.15, 0.2) is 12.4 Å². The van der Waals surface area contributed by atoms with E-state index in [9.17, 15) is 35.1 Å². The van der Waals surface area contributed by atoms with Crippen molar-refractivity contribution in [2.45, 2.75) is 327 Å². The fourth-order valence-corrected chi connectivity index (χ4v) is 9.85. The smallest absolute Gasteiger partial charge is 0.306 e. The number of rotatable bonds is 55. The first-order chi connectivity index (χ1) is 39.2. The summed E-state index contributed by atoms with van der Waals surface area (Å²) in [4.78, 5) is 26.6. The van der Waals surface area contributed by atoms with Gasteiger partial charge in [-0.25, -0.2) is 0 Å². The largest absolute Gasteiger partial charge is 0.454 e. The van der Waals surface area contributed by atoms with Crippen LogP contribution in [0.4, 0.5) is 0 Å². The molecule has 0 aromatic carbocycles. The third kappa shape index (κ3) is 43.5. The van der Waals surface area contributed by atoms with Crippen molar-refractivity contribution >= 4 is 11.9 Å². The second-order valence-electron chi connectivity index (χ2n) is 22.5. The highest BCUT2D eigenvalue weighted by molar-refractivity contribution is 5.80. The molecular weight excluding hydrogens is 1000 g/mol. The first-order valence-corrected chi connectivity index (χ1v) is 32.9. The summed E-state index contributed by atoms with van der Waals surface area (Å²) in [5.74, 6) is -1.23. The molecule has 462 valence electrons. The second-order valence-corrected chi connectivity index (χ2v) is 22.5. The molecule has 11 nitrogen and oxygen atoms in total. The van der Waals surface area contributed by atoms with Gasteiger partial charge in [0.1, 0.15) is 24.4 Å². The van der Waals surface area contributed by atoms with Crippen LogP contribution in [-0.2, 0) is 23.8 Å². The third-order valence-corrected chi connectivity index (χ3v) is 15.0. The molecule has 8 atom stereocenters. The van der Waals surface area contributed by atoms with Crippen molar-refractivity contribution in [3.63, 3.8) is 0 Å². The van der Waals surface area contributed by atoms with E-state index in [1.54, 1.807) is 6.08 Å². The number of nitrogens with one attached hydrogen (secondary N) is 1. The number of hydrogen-bond acceptors (Lipinski definition) is 10. The number of unbranched alkanes of at least 4 members (excludes halogenated alkanes) is 29. The molecule has 6 N–H and O–H groups in total. The summed E-state index contributed by atoms with van der Waals surface area (Å²) in [6.45, 7) is 5.66. The summed E-state index contributed by atoms with van der Waals surface area (Å²) < 4.78 is 17.6. The van der Waals surface area contributed by atoms with Gasteiger partial charge in [-0.15, -0.1) is 0 Å². The minimum absolute atomic E-state index is 0.0815. The molecule has 0 radical (unpaired) electrons. The van der Waals surface area contributed by atoms with Gasteiger partial charge < -0.3 is 45.1 Å². The van der Waals surface area contributed by atoms with Crippen LogP contribution in [0.2, 0.25) is 0 Å². The van der Waals surface area contributed by atoms with Crippen LogP contribution < -0.4 is 5.32 Å². The van der Waals surface area contributed by atoms with Gasteiger partial charge in [0, 0.05) is 6.42 Å². The lowest BCUT2D eigenvalue weighted by atomic mass is 9.99. The number of allylic oxidation sites excluding steroid dienone is 13. The predicted octanol–water partition coefficient (Wildman–Crippen LogP) is 16.1. The average molecular weight is 1120 g/mol. The molecule has 1 aliphatic heterocycles. The van der Waals surface area contributed by atoms with Gasteiger partial charge in [-0.3, -0.25) is 9.59 Å². The van der Waals surface area contributed by atoms with E-state index >= 15 is 0 Å². The van der Waals surface area contributed by atoms with E-state index in [1.165, 1.54) is 141 Å². The number of aliphatic hydroxyl groups excluding tert-OH is 5. The number of amides is 1. The van der Waals surface area contributed by atoms with Crippen LogP contribution in [0.3, 0.4) is 0 Å². The number of carbonyl (C=O) groups excluding carboxylic acids is 2. The predicted molar refractivity (Wildman–Crippen MR) is 333 cm³/mol. The van der Waals surface area contributed by atoms with E-state index in [0.717, 1.165) is 89.9 Å². The zero-order valence-electron chi connectivity index (χ0n) is 51.2. The highest BCUT2D eigenvalue weighted by Gasteiger charge is 2.47. The molecule has 0 aliphatic carbocycles. The maximum absolute atomic E-state index is 13.5. The Morgan fingerprint density at radius 1 is 0.500 bits per heavy atom. The summed E-state index contributed by atoms with van der Waals surface area (Å²) >= 11 is 0. The van der Waals surface area contributed by atoms with Crippen molar-refractivity contribution in [3.05, 3.63) is 85.1 Å². The fourth-order valence-electron chi connectivity index (χ4n) is 9.85. The van der Waals surface area contributed by atoms with Crippen LogP contribution in [0, 0.1) is 0 Å². The van der Waals surface area contributed by atoms with Crippen LogP contribution in [-0.4, -0.2) is 99.6 Å². The Labute approximate surface area is 489 Å². The molecule has 1 rings (SSSR count). The second kappa shape index (κ2) is 56.3. The lowest BCUT2D eigenvalue weighted by molar-refractivity contribution is -0.305. The molecule has 1 fully saturated rings. The van der Waals surface area contributed by atoms with Crippen molar-refractivity contribution in [2.75, 3.05) is 13.2 Å². The summed E-state index contributed by atoms with van der Waals surface area (Å²) in [7, 11) is 0. The number of ether oxygens (including phenoxy) is 3. The van der Waals surface area contributed by atoms with E-state index < -0.39 is 67.4 Å². The first kappa shape index (κ1) is 74.9. The van der Waals surface area contributed by atoms with Crippen molar-refractivity contribution in [1.82, 2.24) is 5.32 Å². The van der Waals surface area contributed by atoms with Gasteiger partial charge in [-0.05, 0) is 96.3 Å². The molecule has 1 saturated heterocycles. The van der Waals surface area contributed by atoms with Gasteiger partial charge in [0.05, 0.1) is 25.4 Å². The molecule has 0 aromatic rings. The number of hydrogen-bond donors (Lipinski definition) is 6. The van der Waals surface area contributed by atoms with Gasteiger partial charge in [-0.1, -0.05) is 260 Å². The SMILES string of the molecule is CC/C=C\C/C=C\C/C=C\C/C=C\C/C=C\CCCCCC(=O)OC1C(OCC(NC(=O)C(O)CCCCCCCCCCCC/C=C/CCCCCCCC)C(O)/C=C/CCCCCCCCCCCC)OC(CO)C(O)C1O. The highest BCUT2D eigenvalue weighted by Crippen LogP contribution is 2.26. The maximum atomic E-state index is 13.5. The third-order valence-electron chi connectivity index (χ3n) is 15.0. The molecule has 80 heavy (non-hydrogen) atoms. The van der Waals surface area contributed by atoms with Crippen molar-refractivity contribution in [1.29, 1.82) is 0 Å². The molecule has 8 unspecified atom stereocenters. The van der Waals surface area contributed by atoms with E-state index in [0.29, 0.717) is 12.8 Å². The zero-order chi connectivity index (χ0) is 58.2. The topological polar surface area (TPSA) is 175 Å². The Balaban J connectivity index is 2.66.